The molecule has 1 unspecified atom stereocenters. The monoisotopic (exact) mass is 424 g/mol. The SMILES string of the molecule is C#CCN(Cc1ccc(C)cc1)C(=O)c1cccc(S(=O)(=O)N2CCCCC2C)c1. The number of nitrogens with zero attached hydrogens (tertiary/aromatic N) is 2. The Balaban J connectivity index is 1.86. The van der Waals surface area contributed by atoms with Gasteiger partial charge in [0, 0.05) is 24.7 Å². The highest BCUT2D eigenvalue weighted by atomic mass is 32.2. The van der Waals surface area contributed by atoms with Crippen molar-refractivity contribution in [2.75, 3.05) is 13.1 Å². The maximum Gasteiger partial charge on any atom is 0.254 e. The first-order valence-corrected chi connectivity index (χ1v) is 11.7. The number of aryl methyl sites for hydroxylation is 1. The second-order valence-corrected chi connectivity index (χ2v) is 9.73. The zero-order chi connectivity index (χ0) is 21.7. The van der Waals surface area contributed by atoms with E-state index in [2.05, 4.69) is 5.92 Å². The van der Waals surface area contributed by atoms with E-state index in [1.807, 2.05) is 38.1 Å². The van der Waals surface area contributed by atoms with Crippen LogP contribution in [0.25, 0.3) is 0 Å². The number of carbonyl (C=O) groups excluding carboxylic acids is 1. The van der Waals surface area contributed by atoms with Crippen LogP contribution in [0.4, 0.5) is 0 Å². The van der Waals surface area contributed by atoms with Crippen LogP contribution in [-0.4, -0.2) is 42.7 Å². The Labute approximate surface area is 179 Å². The third kappa shape index (κ3) is 4.92. The third-order valence-corrected chi connectivity index (χ3v) is 7.50. The number of hydrogen-bond acceptors (Lipinski definition) is 3. The molecule has 0 N–H and O–H groups in total. The van der Waals surface area contributed by atoms with Gasteiger partial charge >= 0.3 is 0 Å². The fourth-order valence-corrected chi connectivity index (χ4v) is 5.51. The molecule has 5 nitrogen and oxygen atoms in total. The summed E-state index contributed by atoms with van der Waals surface area (Å²) in [5.74, 6) is 2.25. The number of sulfonamides is 1. The lowest BCUT2D eigenvalue weighted by Gasteiger charge is -2.32. The number of rotatable bonds is 6. The van der Waals surface area contributed by atoms with Gasteiger partial charge in [-0.05, 0) is 50.5 Å². The summed E-state index contributed by atoms with van der Waals surface area (Å²) in [6.07, 6.45) is 8.23. The van der Waals surface area contributed by atoms with Crippen LogP contribution in [0, 0.1) is 19.3 Å². The van der Waals surface area contributed by atoms with Crippen LogP contribution < -0.4 is 0 Å². The molecule has 6 heteroatoms. The summed E-state index contributed by atoms with van der Waals surface area (Å²) in [7, 11) is -3.65. The highest BCUT2D eigenvalue weighted by Gasteiger charge is 2.31. The van der Waals surface area contributed by atoms with Gasteiger partial charge in [0.25, 0.3) is 5.91 Å². The van der Waals surface area contributed by atoms with Gasteiger partial charge in [0.05, 0.1) is 11.4 Å². The van der Waals surface area contributed by atoms with E-state index in [4.69, 9.17) is 6.42 Å². The van der Waals surface area contributed by atoms with Gasteiger partial charge in [-0.25, -0.2) is 8.42 Å². The van der Waals surface area contributed by atoms with Gasteiger partial charge in [-0.3, -0.25) is 4.79 Å². The number of hydrogen-bond donors (Lipinski definition) is 0. The van der Waals surface area contributed by atoms with Crippen LogP contribution in [0.3, 0.4) is 0 Å². The second kappa shape index (κ2) is 9.46. The van der Waals surface area contributed by atoms with E-state index in [1.54, 1.807) is 27.4 Å². The van der Waals surface area contributed by atoms with Crippen LogP contribution in [0.1, 0.15) is 47.7 Å². The number of amides is 1. The molecule has 0 radical (unpaired) electrons. The van der Waals surface area contributed by atoms with E-state index >= 15 is 0 Å². The zero-order valence-electron chi connectivity index (χ0n) is 17.5. The molecular formula is C24H28N2O3S. The fourth-order valence-electron chi connectivity index (χ4n) is 3.76. The summed E-state index contributed by atoms with van der Waals surface area (Å²) < 4.78 is 27.9. The van der Waals surface area contributed by atoms with Crippen molar-refractivity contribution >= 4 is 15.9 Å². The van der Waals surface area contributed by atoms with Crippen molar-refractivity contribution in [3.63, 3.8) is 0 Å². The molecule has 0 spiro atoms. The standard InChI is InChI=1S/C24H28N2O3S/c1-4-15-25(18-21-13-11-19(2)12-14-21)24(27)22-9-7-10-23(17-22)30(28,29)26-16-6-5-8-20(26)3/h1,7,9-14,17,20H,5-6,8,15-16,18H2,2-3H3. The summed E-state index contributed by atoms with van der Waals surface area (Å²) in [5, 5.41) is 0. The van der Waals surface area contributed by atoms with Gasteiger partial charge in [-0.2, -0.15) is 4.31 Å². The molecule has 1 saturated heterocycles. The van der Waals surface area contributed by atoms with Crippen molar-refractivity contribution in [3.8, 4) is 12.3 Å². The van der Waals surface area contributed by atoms with Crippen molar-refractivity contribution < 1.29 is 13.2 Å². The molecule has 3 rings (SSSR count). The van der Waals surface area contributed by atoms with Gasteiger partial charge in [-0.1, -0.05) is 48.2 Å². The molecule has 1 aliphatic heterocycles. The Morgan fingerprint density at radius 3 is 2.60 bits per heavy atom. The predicted octanol–water partition coefficient (Wildman–Crippen LogP) is 3.83. The predicted molar refractivity (Wildman–Crippen MR) is 118 cm³/mol. The highest BCUT2D eigenvalue weighted by Crippen LogP contribution is 2.26. The molecule has 1 aliphatic rings. The summed E-state index contributed by atoms with van der Waals surface area (Å²) in [6, 6.07) is 14.1. The van der Waals surface area contributed by atoms with Gasteiger partial charge in [0.15, 0.2) is 0 Å². The van der Waals surface area contributed by atoms with Crippen molar-refractivity contribution in [1.82, 2.24) is 9.21 Å². The largest absolute Gasteiger partial charge is 0.323 e. The molecule has 1 heterocycles. The van der Waals surface area contributed by atoms with E-state index in [-0.39, 0.29) is 23.4 Å². The van der Waals surface area contributed by atoms with Crippen LogP contribution in [0.15, 0.2) is 53.4 Å². The first kappa shape index (κ1) is 22.1. The van der Waals surface area contributed by atoms with Crippen molar-refractivity contribution in [3.05, 3.63) is 65.2 Å². The van der Waals surface area contributed by atoms with Crippen molar-refractivity contribution in [2.24, 2.45) is 0 Å². The number of benzene rings is 2. The van der Waals surface area contributed by atoms with E-state index in [1.165, 1.54) is 6.07 Å². The van der Waals surface area contributed by atoms with Gasteiger partial charge < -0.3 is 4.90 Å². The topological polar surface area (TPSA) is 57.7 Å². The third-order valence-electron chi connectivity index (χ3n) is 5.49. The van der Waals surface area contributed by atoms with E-state index in [9.17, 15) is 13.2 Å². The normalized spacial score (nSPS) is 17.3. The summed E-state index contributed by atoms with van der Waals surface area (Å²) in [5.41, 5.74) is 2.43. The molecule has 1 amide bonds. The maximum atomic E-state index is 13.2. The molecule has 0 bridgehead atoms. The number of piperidine rings is 1. The molecule has 0 aromatic heterocycles. The molecule has 158 valence electrons. The Hall–Kier alpha value is -2.62. The van der Waals surface area contributed by atoms with E-state index in [0.29, 0.717) is 18.7 Å². The molecular weight excluding hydrogens is 396 g/mol. The number of carbonyl (C=O) groups is 1. The Morgan fingerprint density at radius 1 is 1.20 bits per heavy atom. The average molecular weight is 425 g/mol. The first-order valence-electron chi connectivity index (χ1n) is 10.2. The molecule has 2 aromatic carbocycles. The minimum Gasteiger partial charge on any atom is -0.323 e. The van der Waals surface area contributed by atoms with Crippen LogP contribution in [-0.2, 0) is 16.6 Å². The smallest absolute Gasteiger partial charge is 0.254 e. The minimum absolute atomic E-state index is 0.0393. The summed E-state index contributed by atoms with van der Waals surface area (Å²) in [6.45, 7) is 4.96. The minimum atomic E-state index is -3.65. The van der Waals surface area contributed by atoms with Crippen molar-refractivity contribution in [2.45, 2.75) is 50.6 Å². The molecule has 1 fully saturated rings. The van der Waals surface area contributed by atoms with Gasteiger partial charge in [-0.15, -0.1) is 6.42 Å². The van der Waals surface area contributed by atoms with Crippen LogP contribution in [0.2, 0.25) is 0 Å². The molecule has 0 aliphatic carbocycles. The van der Waals surface area contributed by atoms with Gasteiger partial charge in [0.2, 0.25) is 10.0 Å². The Bertz CT molecular complexity index is 1040. The summed E-state index contributed by atoms with van der Waals surface area (Å²) >= 11 is 0. The lowest BCUT2D eigenvalue weighted by atomic mass is 10.1. The molecule has 2 aromatic rings. The van der Waals surface area contributed by atoms with Gasteiger partial charge in [0.1, 0.15) is 0 Å². The zero-order valence-corrected chi connectivity index (χ0v) is 18.4. The highest BCUT2D eigenvalue weighted by molar-refractivity contribution is 7.89. The second-order valence-electron chi connectivity index (χ2n) is 7.84. The van der Waals surface area contributed by atoms with E-state index < -0.39 is 10.0 Å². The number of terminal acetylenes is 1. The average Bonchev–Trinajstić information content (AvgIpc) is 2.74. The van der Waals surface area contributed by atoms with E-state index in [0.717, 1.165) is 30.4 Å². The first-order chi connectivity index (χ1) is 14.3. The van der Waals surface area contributed by atoms with Crippen LogP contribution >= 0.6 is 0 Å². The Morgan fingerprint density at radius 2 is 1.93 bits per heavy atom. The van der Waals surface area contributed by atoms with Crippen LogP contribution in [0.5, 0.6) is 0 Å². The van der Waals surface area contributed by atoms with Crippen molar-refractivity contribution in [1.29, 1.82) is 0 Å². The summed E-state index contributed by atoms with van der Waals surface area (Å²) in [4.78, 5) is 14.9. The fraction of sp³-hybridized carbons (Fsp3) is 0.375. The lowest BCUT2D eigenvalue weighted by Crippen LogP contribution is -2.42. The quantitative estimate of drug-likeness (QED) is 0.662. The molecule has 30 heavy (non-hydrogen) atoms. The molecule has 0 saturated carbocycles. The molecule has 1 atom stereocenters. The lowest BCUT2D eigenvalue weighted by molar-refractivity contribution is 0.0765. The maximum absolute atomic E-state index is 13.2. The Kier molecular flexibility index (Phi) is 6.96.